The Bertz CT molecular complexity index is 572. The van der Waals surface area contributed by atoms with E-state index in [-0.39, 0.29) is 5.82 Å². The second kappa shape index (κ2) is 6.17. The molecule has 0 aliphatic rings. The summed E-state index contributed by atoms with van der Waals surface area (Å²) in [6.07, 6.45) is 0. The van der Waals surface area contributed by atoms with Crippen molar-refractivity contribution in [2.24, 2.45) is 5.73 Å². The summed E-state index contributed by atoms with van der Waals surface area (Å²) < 4.78 is 14.9. The Balaban J connectivity index is 2.51. The molecule has 0 aliphatic heterocycles. The molecule has 0 atom stereocenters. The van der Waals surface area contributed by atoms with Gasteiger partial charge in [0.25, 0.3) is 0 Å². The fraction of sp³-hybridized carbons (Fsp3) is 0.200. The minimum absolute atomic E-state index is 0.227. The Morgan fingerprint density at radius 3 is 2.53 bits per heavy atom. The lowest BCUT2D eigenvalue weighted by Gasteiger charge is -2.26. The summed E-state index contributed by atoms with van der Waals surface area (Å²) in [5.41, 5.74) is 8.29. The first-order chi connectivity index (χ1) is 9.17. The highest BCUT2D eigenvalue weighted by Gasteiger charge is 2.14. The molecule has 0 amide bonds. The van der Waals surface area contributed by atoms with Crippen LogP contribution in [0.4, 0.5) is 15.8 Å². The molecule has 0 spiro atoms. The monoisotopic (exact) mass is 322 g/mol. The lowest BCUT2D eigenvalue weighted by Crippen LogP contribution is -2.19. The number of benzene rings is 2. The van der Waals surface area contributed by atoms with Gasteiger partial charge in [-0.1, -0.05) is 28.1 Å². The maximum Gasteiger partial charge on any atom is 0.146 e. The largest absolute Gasteiger partial charge is 0.339 e. The molecule has 4 heteroatoms. The van der Waals surface area contributed by atoms with E-state index in [9.17, 15) is 4.39 Å². The number of nitrogens with zero attached hydrogens (tertiary/aromatic N) is 1. The van der Waals surface area contributed by atoms with E-state index in [2.05, 4.69) is 15.9 Å². The van der Waals surface area contributed by atoms with Gasteiger partial charge in [-0.2, -0.15) is 0 Å². The molecule has 100 valence electrons. The smallest absolute Gasteiger partial charge is 0.146 e. The van der Waals surface area contributed by atoms with Crippen LogP contribution >= 0.6 is 15.9 Å². The number of hydrogen-bond donors (Lipinski definition) is 1. The fourth-order valence-corrected chi connectivity index (χ4v) is 2.53. The second-order valence-electron chi connectivity index (χ2n) is 4.17. The molecular weight excluding hydrogens is 307 g/mol. The van der Waals surface area contributed by atoms with Crippen LogP contribution in [0, 0.1) is 5.82 Å². The van der Waals surface area contributed by atoms with Crippen molar-refractivity contribution in [3.8, 4) is 0 Å². The maximum atomic E-state index is 13.9. The number of hydrogen-bond acceptors (Lipinski definition) is 2. The molecule has 2 aromatic carbocycles. The standard InChI is InChI=1S/C15H16BrFN2/c1-2-19(15-6-4-3-5-13(15)17)14-8-7-12(16)9-11(14)10-18/h3-9H,2,10,18H2,1H3. The molecule has 0 aliphatic carbocycles. The van der Waals surface area contributed by atoms with Crippen LogP contribution in [0.3, 0.4) is 0 Å². The van der Waals surface area contributed by atoms with Crippen LogP contribution in [0.25, 0.3) is 0 Å². The lowest BCUT2D eigenvalue weighted by molar-refractivity contribution is 0.625. The molecule has 0 radical (unpaired) electrons. The van der Waals surface area contributed by atoms with Gasteiger partial charge in [0.15, 0.2) is 0 Å². The molecule has 2 N–H and O–H groups in total. The van der Waals surface area contributed by atoms with E-state index in [1.807, 2.05) is 36.1 Å². The Morgan fingerprint density at radius 1 is 1.16 bits per heavy atom. The third-order valence-corrected chi connectivity index (χ3v) is 3.50. The molecule has 0 unspecified atom stereocenters. The molecule has 0 saturated carbocycles. The van der Waals surface area contributed by atoms with Gasteiger partial charge in [-0.05, 0) is 42.8 Å². The Morgan fingerprint density at radius 2 is 1.89 bits per heavy atom. The van der Waals surface area contributed by atoms with Crippen molar-refractivity contribution in [3.05, 3.63) is 58.3 Å². The van der Waals surface area contributed by atoms with E-state index >= 15 is 0 Å². The summed E-state index contributed by atoms with van der Waals surface area (Å²) in [5, 5.41) is 0. The first kappa shape index (κ1) is 14.0. The zero-order valence-corrected chi connectivity index (χ0v) is 12.3. The quantitative estimate of drug-likeness (QED) is 0.913. The first-order valence-electron chi connectivity index (χ1n) is 6.18. The summed E-state index contributed by atoms with van der Waals surface area (Å²) in [4.78, 5) is 1.93. The zero-order valence-electron chi connectivity index (χ0n) is 10.7. The predicted molar refractivity (Wildman–Crippen MR) is 81.1 cm³/mol. The van der Waals surface area contributed by atoms with Crippen LogP contribution in [0.2, 0.25) is 0 Å². The summed E-state index contributed by atoms with van der Waals surface area (Å²) in [7, 11) is 0. The van der Waals surface area contributed by atoms with Gasteiger partial charge in [0.05, 0.1) is 5.69 Å². The van der Waals surface area contributed by atoms with E-state index < -0.39 is 0 Å². The molecule has 0 aromatic heterocycles. The van der Waals surface area contributed by atoms with Gasteiger partial charge in [0, 0.05) is 23.2 Å². The minimum Gasteiger partial charge on any atom is -0.339 e. The van der Waals surface area contributed by atoms with E-state index in [4.69, 9.17) is 5.73 Å². The fourth-order valence-electron chi connectivity index (χ4n) is 2.12. The van der Waals surface area contributed by atoms with Crippen LogP contribution in [-0.2, 0) is 6.54 Å². The molecule has 2 rings (SSSR count). The SMILES string of the molecule is CCN(c1ccccc1F)c1ccc(Br)cc1CN. The van der Waals surface area contributed by atoms with Gasteiger partial charge in [0.1, 0.15) is 5.82 Å². The summed E-state index contributed by atoms with van der Waals surface area (Å²) in [6, 6.07) is 12.7. The molecule has 0 fully saturated rings. The van der Waals surface area contributed by atoms with Gasteiger partial charge in [-0.15, -0.1) is 0 Å². The lowest BCUT2D eigenvalue weighted by atomic mass is 10.1. The Kier molecular flexibility index (Phi) is 4.56. The molecule has 0 heterocycles. The van der Waals surface area contributed by atoms with Crippen molar-refractivity contribution in [2.75, 3.05) is 11.4 Å². The van der Waals surface area contributed by atoms with Crippen molar-refractivity contribution in [2.45, 2.75) is 13.5 Å². The van der Waals surface area contributed by atoms with Crippen molar-refractivity contribution in [3.63, 3.8) is 0 Å². The molecule has 19 heavy (non-hydrogen) atoms. The topological polar surface area (TPSA) is 29.3 Å². The Labute approximate surface area is 121 Å². The van der Waals surface area contributed by atoms with Crippen LogP contribution in [0.1, 0.15) is 12.5 Å². The van der Waals surface area contributed by atoms with E-state index in [1.165, 1.54) is 6.07 Å². The number of anilines is 2. The highest BCUT2D eigenvalue weighted by molar-refractivity contribution is 9.10. The zero-order chi connectivity index (χ0) is 13.8. The number of halogens is 2. The van der Waals surface area contributed by atoms with Gasteiger partial charge in [-0.25, -0.2) is 4.39 Å². The van der Waals surface area contributed by atoms with Crippen molar-refractivity contribution in [1.82, 2.24) is 0 Å². The third-order valence-electron chi connectivity index (χ3n) is 3.01. The number of para-hydroxylation sites is 1. The normalized spacial score (nSPS) is 10.5. The van der Waals surface area contributed by atoms with E-state index in [0.717, 1.165) is 15.7 Å². The number of rotatable bonds is 4. The molecular formula is C15H16BrFN2. The van der Waals surface area contributed by atoms with Gasteiger partial charge < -0.3 is 10.6 Å². The van der Waals surface area contributed by atoms with Gasteiger partial charge in [0.2, 0.25) is 0 Å². The number of nitrogens with two attached hydrogens (primary N) is 1. The molecule has 0 saturated heterocycles. The summed E-state index contributed by atoms with van der Waals surface area (Å²) in [5.74, 6) is -0.227. The third kappa shape index (κ3) is 2.96. The average molecular weight is 323 g/mol. The maximum absolute atomic E-state index is 13.9. The van der Waals surface area contributed by atoms with E-state index in [1.54, 1.807) is 12.1 Å². The highest BCUT2D eigenvalue weighted by Crippen LogP contribution is 2.31. The summed E-state index contributed by atoms with van der Waals surface area (Å²) >= 11 is 3.43. The van der Waals surface area contributed by atoms with Gasteiger partial charge >= 0.3 is 0 Å². The average Bonchev–Trinajstić information content (AvgIpc) is 2.43. The predicted octanol–water partition coefficient (Wildman–Crippen LogP) is 4.20. The van der Waals surface area contributed by atoms with Crippen LogP contribution in [0.15, 0.2) is 46.9 Å². The molecule has 2 aromatic rings. The highest BCUT2D eigenvalue weighted by atomic mass is 79.9. The second-order valence-corrected chi connectivity index (χ2v) is 5.09. The van der Waals surface area contributed by atoms with Crippen molar-refractivity contribution >= 4 is 27.3 Å². The summed E-state index contributed by atoms with van der Waals surface area (Å²) in [6.45, 7) is 3.09. The molecule has 0 bridgehead atoms. The van der Waals surface area contributed by atoms with Crippen molar-refractivity contribution < 1.29 is 4.39 Å². The Hall–Kier alpha value is -1.39. The van der Waals surface area contributed by atoms with E-state index in [0.29, 0.717) is 18.8 Å². The van der Waals surface area contributed by atoms with Gasteiger partial charge in [-0.3, -0.25) is 0 Å². The minimum atomic E-state index is -0.227. The van der Waals surface area contributed by atoms with Crippen LogP contribution in [-0.4, -0.2) is 6.54 Å². The van der Waals surface area contributed by atoms with Crippen molar-refractivity contribution in [1.29, 1.82) is 0 Å². The first-order valence-corrected chi connectivity index (χ1v) is 6.97. The molecule has 2 nitrogen and oxygen atoms in total. The van der Waals surface area contributed by atoms with Crippen LogP contribution in [0.5, 0.6) is 0 Å². The van der Waals surface area contributed by atoms with Crippen LogP contribution < -0.4 is 10.6 Å².